The second kappa shape index (κ2) is 5.09. The molecule has 22 heavy (non-hydrogen) atoms. The molecule has 3 nitrogen and oxygen atoms in total. The maximum absolute atomic E-state index is 11.9. The van der Waals surface area contributed by atoms with Crippen LogP contribution in [0.15, 0.2) is 30.3 Å². The zero-order chi connectivity index (χ0) is 15.3. The lowest BCUT2D eigenvalue weighted by atomic mass is 9.54. The smallest absolute Gasteiger partial charge is 0.314 e. The summed E-state index contributed by atoms with van der Waals surface area (Å²) in [6.07, 6.45) is 6.91. The maximum Gasteiger partial charge on any atom is 0.314 e. The maximum atomic E-state index is 11.9. The van der Waals surface area contributed by atoms with Crippen molar-refractivity contribution in [2.75, 3.05) is 7.05 Å². The molecule has 2 unspecified atom stereocenters. The number of carboxylic acids is 1. The van der Waals surface area contributed by atoms with E-state index < -0.39 is 11.4 Å². The SMILES string of the molecule is CN1C2CCC1CC(C1CC(C(=O)O)(c3ccccc3)C1)C2. The summed E-state index contributed by atoms with van der Waals surface area (Å²) in [5.74, 6) is 0.712. The molecule has 3 heteroatoms. The number of fused-ring (bicyclic) bond motifs is 2. The van der Waals surface area contributed by atoms with Crippen molar-refractivity contribution in [2.24, 2.45) is 11.8 Å². The van der Waals surface area contributed by atoms with Crippen molar-refractivity contribution in [2.45, 2.75) is 56.0 Å². The molecule has 1 aliphatic carbocycles. The quantitative estimate of drug-likeness (QED) is 0.931. The van der Waals surface area contributed by atoms with Gasteiger partial charge in [-0.1, -0.05) is 30.3 Å². The summed E-state index contributed by atoms with van der Waals surface area (Å²) in [6, 6.07) is 11.4. The number of benzene rings is 1. The number of carboxylic acid groups (broad SMARTS) is 1. The molecule has 0 spiro atoms. The highest BCUT2D eigenvalue weighted by atomic mass is 16.4. The summed E-state index contributed by atoms with van der Waals surface area (Å²) < 4.78 is 0. The van der Waals surface area contributed by atoms with Crippen molar-refractivity contribution in [1.82, 2.24) is 4.90 Å². The van der Waals surface area contributed by atoms with E-state index in [1.54, 1.807) is 0 Å². The molecule has 3 aliphatic rings. The van der Waals surface area contributed by atoms with Crippen molar-refractivity contribution >= 4 is 5.97 Å². The van der Waals surface area contributed by atoms with Crippen LogP contribution in [0.2, 0.25) is 0 Å². The number of hydrogen-bond acceptors (Lipinski definition) is 2. The molecular formula is C19H25NO2. The fraction of sp³-hybridized carbons (Fsp3) is 0.632. The summed E-state index contributed by atoms with van der Waals surface area (Å²) in [7, 11) is 2.27. The first-order chi connectivity index (χ1) is 10.6. The second-order valence-corrected chi connectivity index (χ2v) is 7.70. The van der Waals surface area contributed by atoms with Crippen LogP contribution in [0, 0.1) is 11.8 Å². The number of piperidine rings is 1. The van der Waals surface area contributed by atoms with Gasteiger partial charge in [0.2, 0.25) is 0 Å². The minimum Gasteiger partial charge on any atom is -0.481 e. The van der Waals surface area contributed by atoms with Crippen LogP contribution in [0.4, 0.5) is 0 Å². The standard InChI is InChI=1S/C19H25NO2/c1-20-16-7-8-17(20)10-13(9-16)14-11-19(12-14,18(21)22)15-5-3-2-4-6-15/h2-6,13-14,16-17H,7-12H2,1H3,(H,21,22). The van der Waals surface area contributed by atoms with Crippen LogP contribution in [0.3, 0.4) is 0 Å². The van der Waals surface area contributed by atoms with E-state index in [2.05, 4.69) is 11.9 Å². The van der Waals surface area contributed by atoms with Crippen LogP contribution in [-0.4, -0.2) is 35.1 Å². The van der Waals surface area contributed by atoms with Crippen LogP contribution in [0.25, 0.3) is 0 Å². The minimum atomic E-state index is -0.633. The third kappa shape index (κ3) is 2.02. The number of nitrogens with zero attached hydrogens (tertiary/aromatic N) is 1. The number of carbonyl (C=O) groups is 1. The molecule has 4 rings (SSSR count). The van der Waals surface area contributed by atoms with Crippen LogP contribution in [-0.2, 0) is 10.2 Å². The zero-order valence-electron chi connectivity index (χ0n) is 13.2. The van der Waals surface area contributed by atoms with Gasteiger partial charge in [-0.15, -0.1) is 0 Å². The van der Waals surface area contributed by atoms with Gasteiger partial charge in [-0.2, -0.15) is 0 Å². The molecule has 1 N–H and O–H groups in total. The topological polar surface area (TPSA) is 40.5 Å². The zero-order valence-corrected chi connectivity index (χ0v) is 13.2. The van der Waals surface area contributed by atoms with E-state index in [9.17, 15) is 9.90 Å². The fourth-order valence-corrected chi connectivity index (χ4v) is 5.30. The molecule has 0 radical (unpaired) electrons. The predicted octanol–water partition coefficient (Wildman–Crippen LogP) is 3.29. The van der Waals surface area contributed by atoms with Crippen molar-refractivity contribution < 1.29 is 9.90 Å². The van der Waals surface area contributed by atoms with Gasteiger partial charge in [-0.05, 0) is 63.0 Å². The first-order valence-electron chi connectivity index (χ1n) is 8.61. The van der Waals surface area contributed by atoms with Crippen LogP contribution in [0.5, 0.6) is 0 Å². The van der Waals surface area contributed by atoms with Gasteiger partial charge >= 0.3 is 5.97 Å². The Morgan fingerprint density at radius 1 is 1.09 bits per heavy atom. The molecule has 2 bridgehead atoms. The third-order valence-electron chi connectivity index (χ3n) is 6.76. The van der Waals surface area contributed by atoms with Crippen molar-refractivity contribution in [3.8, 4) is 0 Å². The van der Waals surface area contributed by atoms with Gasteiger partial charge in [-0.3, -0.25) is 4.79 Å². The van der Waals surface area contributed by atoms with E-state index in [4.69, 9.17) is 0 Å². The van der Waals surface area contributed by atoms with Gasteiger partial charge in [0.15, 0.2) is 0 Å². The Labute approximate surface area is 132 Å². The molecule has 1 saturated carbocycles. The van der Waals surface area contributed by atoms with Crippen LogP contribution >= 0.6 is 0 Å². The Morgan fingerprint density at radius 3 is 2.23 bits per heavy atom. The molecule has 1 aromatic carbocycles. The van der Waals surface area contributed by atoms with E-state index >= 15 is 0 Å². The largest absolute Gasteiger partial charge is 0.481 e. The molecule has 2 heterocycles. The predicted molar refractivity (Wildman–Crippen MR) is 85.8 cm³/mol. The summed E-state index contributed by atoms with van der Waals surface area (Å²) in [6.45, 7) is 0. The Hall–Kier alpha value is -1.35. The van der Waals surface area contributed by atoms with E-state index in [1.165, 1.54) is 25.7 Å². The Bertz CT molecular complexity index is 550. The molecule has 118 valence electrons. The lowest BCUT2D eigenvalue weighted by molar-refractivity contribution is -0.151. The number of hydrogen-bond donors (Lipinski definition) is 1. The summed E-state index contributed by atoms with van der Waals surface area (Å²) in [4.78, 5) is 14.5. The molecular weight excluding hydrogens is 274 g/mol. The van der Waals surface area contributed by atoms with E-state index in [0.29, 0.717) is 5.92 Å². The van der Waals surface area contributed by atoms with Crippen molar-refractivity contribution in [3.05, 3.63) is 35.9 Å². The van der Waals surface area contributed by atoms with Gasteiger partial charge in [0, 0.05) is 12.1 Å². The molecule has 2 atom stereocenters. The van der Waals surface area contributed by atoms with E-state index in [0.717, 1.165) is 36.4 Å². The van der Waals surface area contributed by atoms with E-state index in [1.807, 2.05) is 30.3 Å². The molecule has 2 saturated heterocycles. The number of aliphatic carboxylic acids is 1. The first-order valence-corrected chi connectivity index (χ1v) is 8.61. The summed E-state index contributed by atoms with van der Waals surface area (Å²) >= 11 is 0. The molecule has 3 fully saturated rings. The van der Waals surface area contributed by atoms with Gasteiger partial charge in [0.25, 0.3) is 0 Å². The number of rotatable bonds is 3. The third-order valence-corrected chi connectivity index (χ3v) is 6.76. The summed E-state index contributed by atoms with van der Waals surface area (Å²) in [5, 5.41) is 9.80. The Balaban J connectivity index is 1.49. The van der Waals surface area contributed by atoms with E-state index in [-0.39, 0.29) is 0 Å². The fourth-order valence-electron chi connectivity index (χ4n) is 5.30. The molecule has 2 aliphatic heterocycles. The average molecular weight is 299 g/mol. The monoisotopic (exact) mass is 299 g/mol. The highest BCUT2D eigenvalue weighted by Gasteiger charge is 2.55. The van der Waals surface area contributed by atoms with Gasteiger partial charge in [-0.25, -0.2) is 0 Å². The summed E-state index contributed by atoms with van der Waals surface area (Å²) in [5.41, 5.74) is 0.378. The first kappa shape index (κ1) is 14.3. The van der Waals surface area contributed by atoms with Crippen LogP contribution < -0.4 is 0 Å². The van der Waals surface area contributed by atoms with Crippen molar-refractivity contribution in [1.29, 1.82) is 0 Å². The normalized spacial score (nSPS) is 41.1. The second-order valence-electron chi connectivity index (χ2n) is 7.70. The van der Waals surface area contributed by atoms with Crippen LogP contribution in [0.1, 0.15) is 44.1 Å². The Morgan fingerprint density at radius 2 is 1.68 bits per heavy atom. The van der Waals surface area contributed by atoms with Gasteiger partial charge in [0.1, 0.15) is 0 Å². The molecule has 1 aromatic rings. The lowest BCUT2D eigenvalue weighted by Crippen LogP contribution is -2.52. The highest BCUT2D eigenvalue weighted by molar-refractivity contribution is 5.82. The van der Waals surface area contributed by atoms with Gasteiger partial charge in [0.05, 0.1) is 5.41 Å². The van der Waals surface area contributed by atoms with Crippen molar-refractivity contribution in [3.63, 3.8) is 0 Å². The molecule has 0 amide bonds. The lowest BCUT2D eigenvalue weighted by Gasteiger charge is -2.51. The Kier molecular flexibility index (Phi) is 3.30. The average Bonchev–Trinajstić information content (AvgIpc) is 2.70. The minimum absolute atomic E-state index is 0.605. The molecule has 0 aromatic heterocycles. The highest BCUT2D eigenvalue weighted by Crippen LogP contribution is 2.55. The van der Waals surface area contributed by atoms with Gasteiger partial charge < -0.3 is 10.0 Å².